The average molecular weight is 245 g/mol. The van der Waals surface area contributed by atoms with Crippen LogP contribution in [0.2, 0.25) is 0 Å². The molecule has 0 radical (unpaired) electrons. The molecule has 0 spiro atoms. The zero-order valence-electron chi connectivity index (χ0n) is 12.1. The Bertz CT molecular complexity index is 474. The summed E-state index contributed by atoms with van der Waals surface area (Å²) in [4.78, 5) is 14.1. The molecule has 0 saturated carbocycles. The second-order valence-electron chi connectivity index (χ2n) is 5.92. The summed E-state index contributed by atoms with van der Waals surface area (Å²) in [5.74, 6) is 1.13. The lowest BCUT2D eigenvalue weighted by molar-refractivity contribution is 0.0780. The predicted octanol–water partition coefficient (Wildman–Crippen LogP) is 3.56. The van der Waals surface area contributed by atoms with Gasteiger partial charge in [-0.15, -0.1) is 0 Å². The molecule has 1 aromatic carbocycles. The molecule has 0 N–H and O–H groups in total. The van der Waals surface area contributed by atoms with Gasteiger partial charge in [0.15, 0.2) is 0 Å². The molecule has 2 nitrogen and oxygen atoms in total. The van der Waals surface area contributed by atoms with Crippen LogP contribution in [0, 0.1) is 0 Å². The largest absolute Gasteiger partial charge is 0.341 e. The van der Waals surface area contributed by atoms with Crippen LogP contribution in [-0.4, -0.2) is 24.4 Å². The number of carbonyl (C=O) groups excluding carboxylic acids is 1. The molecular weight excluding hydrogens is 222 g/mol. The Morgan fingerprint density at radius 3 is 2.33 bits per heavy atom. The van der Waals surface area contributed by atoms with E-state index in [0.29, 0.717) is 11.8 Å². The van der Waals surface area contributed by atoms with Gasteiger partial charge in [0.25, 0.3) is 5.91 Å². The minimum absolute atomic E-state index is 0.181. The van der Waals surface area contributed by atoms with Gasteiger partial charge >= 0.3 is 0 Å². The van der Waals surface area contributed by atoms with E-state index >= 15 is 0 Å². The highest BCUT2D eigenvalue weighted by atomic mass is 16.2. The summed E-state index contributed by atoms with van der Waals surface area (Å²) in [5.41, 5.74) is 4.84. The van der Waals surface area contributed by atoms with Crippen LogP contribution in [0.3, 0.4) is 0 Å². The van der Waals surface area contributed by atoms with Crippen LogP contribution in [0.25, 0.3) is 0 Å². The number of fused-ring (bicyclic) bond motifs is 1. The summed E-state index contributed by atoms with van der Waals surface area (Å²) in [5, 5.41) is 0. The van der Waals surface area contributed by atoms with E-state index in [1.54, 1.807) is 0 Å². The van der Waals surface area contributed by atoms with Crippen molar-refractivity contribution in [1.29, 1.82) is 0 Å². The Morgan fingerprint density at radius 1 is 1.11 bits per heavy atom. The quantitative estimate of drug-likeness (QED) is 0.780. The SMILES string of the molecule is CC(C)c1cc2c(c(C(C)C)c1)CCN(C)C2=O. The molecule has 1 heterocycles. The van der Waals surface area contributed by atoms with Crippen LogP contribution >= 0.6 is 0 Å². The van der Waals surface area contributed by atoms with Gasteiger partial charge in [0.05, 0.1) is 0 Å². The van der Waals surface area contributed by atoms with Gasteiger partial charge in [-0.05, 0) is 41.0 Å². The Labute approximate surface area is 110 Å². The van der Waals surface area contributed by atoms with Gasteiger partial charge in [0.2, 0.25) is 0 Å². The van der Waals surface area contributed by atoms with Gasteiger partial charge in [0.1, 0.15) is 0 Å². The van der Waals surface area contributed by atoms with Crippen molar-refractivity contribution in [3.63, 3.8) is 0 Å². The third-order valence-electron chi connectivity index (χ3n) is 3.87. The van der Waals surface area contributed by atoms with Crippen molar-refractivity contribution in [3.8, 4) is 0 Å². The second-order valence-corrected chi connectivity index (χ2v) is 5.92. The van der Waals surface area contributed by atoms with E-state index in [2.05, 4.69) is 39.8 Å². The minimum Gasteiger partial charge on any atom is -0.341 e. The smallest absolute Gasteiger partial charge is 0.253 e. The molecule has 0 aromatic heterocycles. The molecule has 0 saturated heterocycles. The maximum Gasteiger partial charge on any atom is 0.253 e. The zero-order chi connectivity index (χ0) is 13.4. The number of benzene rings is 1. The summed E-state index contributed by atoms with van der Waals surface area (Å²) in [6, 6.07) is 4.40. The fourth-order valence-electron chi connectivity index (χ4n) is 2.62. The Balaban J connectivity index is 2.62. The Kier molecular flexibility index (Phi) is 3.47. The molecule has 0 unspecified atom stereocenters. The topological polar surface area (TPSA) is 20.3 Å². The molecule has 0 aliphatic carbocycles. The number of likely N-dealkylation sites (N-methyl/N-ethyl adjacent to an activating group) is 1. The molecule has 0 fully saturated rings. The van der Waals surface area contributed by atoms with Crippen LogP contribution in [-0.2, 0) is 6.42 Å². The minimum atomic E-state index is 0.181. The number of hydrogen-bond donors (Lipinski definition) is 0. The van der Waals surface area contributed by atoms with Gasteiger partial charge < -0.3 is 4.90 Å². The third-order valence-corrected chi connectivity index (χ3v) is 3.87. The molecule has 2 rings (SSSR count). The third kappa shape index (κ3) is 2.16. The summed E-state index contributed by atoms with van der Waals surface area (Å²) in [6.45, 7) is 9.63. The van der Waals surface area contributed by atoms with Crippen LogP contribution in [0.4, 0.5) is 0 Å². The number of amides is 1. The first-order valence-corrected chi connectivity index (χ1v) is 6.84. The van der Waals surface area contributed by atoms with Crippen LogP contribution < -0.4 is 0 Å². The van der Waals surface area contributed by atoms with Crippen LogP contribution in [0.1, 0.15) is 66.6 Å². The molecular formula is C16H23NO. The maximum absolute atomic E-state index is 12.3. The van der Waals surface area contributed by atoms with Gasteiger partial charge in [0, 0.05) is 19.2 Å². The highest BCUT2D eigenvalue weighted by Crippen LogP contribution is 2.31. The monoisotopic (exact) mass is 245 g/mol. The highest BCUT2D eigenvalue weighted by molar-refractivity contribution is 5.97. The van der Waals surface area contributed by atoms with Crippen molar-refractivity contribution in [3.05, 3.63) is 34.4 Å². The number of nitrogens with zero attached hydrogens (tertiary/aromatic N) is 1. The van der Waals surface area contributed by atoms with E-state index in [0.717, 1.165) is 18.5 Å². The van der Waals surface area contributed by atoms with Gasteiger partial charge in [-0.25, -0.2) is 0 Å². The molecule has 2 heteroatoms. The molecule has 1 amide bonds. The molecule has 0 atom stereocenters. The van der Waals surface area contributed by atoms with Gasteiger partial charge in [-0.2, -0.15) is 0 Å². The Hall–Kier alpha value is -1.31. The number of carbonyl (C=O) groups is 1. The second kappa shape index (κ2) is 4.75. The van der Waals surface area contributed by atoms with E-state index in [9.17, 15) is 4.79 Å². The molecule has 1 aromatic rings. The first kappa shape index (κ1) is 13.1. The first-order chi connectivity index (χ1) is 8.41. The standard InChI is InChI=1S/C16H23NO/c1-10(2)12-8-14(11(3)4)13-6-7-17(5)16(18)15(13)9-12/h8-11H,6-7H2,1-5H3. The van der Waals surface area contributed by atoms with Crippen molar-refractivity contribution in [1.82, 2.24) is 4.90 Å². The van der Waals surface area contributed by atoms with Gasteiger partial charge in [-0.3, -0.25) is 4.79 Å². The summed E-state index contributed by atoms with van der Waals surface area (Å²) in [7, 11) is 1.89. The number of hydrogen-bond acceptors (Lipinski definition) is 1. The van der Waals surface area contributed by atoms with Crippen molar-refractivity contribution in [2.24, 2.45) is 0 Å². The Morgan fingerprint density at radius 2 is 1.78 bits per heavy atom. The summed E-state index contributed by atoms with van der Waals surface area (Å²) < 4.78 is 0. The molecule has 18 heavy (non-hydrogen) atoms. The summed E-state index contributed by atoms with van der Waals surface area (Å²) >= 11 is 0. The van der Waals surface area contributed by atoms with Crippen molar-refractivity contribution in [2.75, 3.05) is 13.6 Å². The van der Waals surface area contributed by atoms with Crippen LogP contribution in [0.5, 0.6) is 0 Å². The number of rotatable bonds is 2. The normalized spacial score (nSPS) is 15.5. The van der Waals surface area contributed by atoms with Crippen LogP contribution in [0.15, 0.2) is 12.1 Å². The molecule has 98 valence electrons. The predicted molar refractivity (Wildman–Crippen MR) is 75.3 cm³/mol. The maximum atomic E-state index is 12.3. The summed E-state index contributed by atoms with van der Waals surface area (Å²) in [6.07, 6.45) is 0.990. The van der Waals surface area contributed by atoms with E-state index in [-0.39, 0.29) is 5.91 Å². The zero-order valence-corrected chi connectivity index (χ0v) is 12.1. The lowest BCUT2D eigenvalue weighted by Gasteiger charge is -2.29. The van der Waals surface area contributed by atoms with Crippen molar-refractivity contribution < 1.29 is 4.79 Å². The molecule has 0 bridgehead atoms. The van der Waals surface area contributed by atoms with E-state index in [1.165, 1.54) is 16.7 Å². The molecule has 1 aliphatic rings. The fourth-order valence-corrected chi connectivity index (χ4v) is 2.62. The van der Waals surface area contributed by atoms with E-state index in [1.807, 2.05) is 11.9 Å². The van der Waals surface area contributed by atoms with Crippen molar-refractivity contribution >= 4 is 5.91 Å². The van der Waals surface area contributed by atoms with E-state index in [4.69, 9.17) is 0 Å². The fraction of sp³-hybridized carbons (Fsp3) is 0.562. The average Bonchev–Trinajstić information content (AvgIpc) is 2.32. The van der Waals surface area contributed by atoms with E-state index < -0.39 is 0 Å². The van der Waals surface area contributed by atoms with Gasteiger partial charge in [-0.1, -0.05) is 33.8 Å². The molecule has 1 aliphatic heterocycles. The highest BCUT2D eigenvalue weighted by Gasteiger charge is 2.25. The lowest BCUT2D eigenvalue weighted by atomic mass is 9.85. The first-order valence-electron chi connectivity index (χ1n) is 6.84. The lowest BCUT2D eigenvalue weighted by Crippen LogP contribution is -2.35. The van der Waals surface area contributed by atoms with Crippen molar-refractivity contribution in [2.45, 2.75) is 46.0 Å².